The van der Waals surface area contributed by atoms with Crippen LogP contribution in [0.5, 0.6) is 5.75 Å². The van der Waals surface area contributed by atoms with E-state index in [1.807, 2.05) is 66.3 Å². The molecule has 1 N–H and O–H groups in total. The molecule has 0 radical (unpaired) electrons. The minimum atomic E-state index is -0.790. The van der Waals surface area contributed by atoms with Crippen molar-refractivity contribution in [3.05, 3.63) is 89.9 Å². The van der Waals surface area contributed by atoms with Crippen molar-refractivity contribution in [1.29, 1.82) is 0 Å². The van der Waals surface area contributed by atoms with Gasteiger partial charge in [0.25, 0.3) is 0 Å². The highest BCUT2D eigenvalue weighted by molar-refractivity contribution is 5.79. The summed E-state index contributed by atoms with van der Waals surface area (Å²) in [4.78, 5) is 15.2. The first kappa shape index (κ1) is 19.6. The monoisotopic (exact) mass is 401 g/mol. The number of rotatable bonds is 8. The van der Waals surface area contributed by atoms with Crippen LogP contribution in [0.2, 0.25) is 0 Å². The van der Waals surface area contributed by atoms with Gasteiger partial charge in [0, 0.05) is 11.6 Å². The molecule has 0 amide bonds. The molecule has 6 heteroatoms. The normalized spacial score (nSPS) is 12.0. The second kappa shape index (κ2) is 8.78. The first-order chi connectivity index (χ1) is 14.6. The molecule has 0 saturated carbocycles. The third kappa shape index (κ3) is 4.66. The first-order valence-corrected chi connectivity index (χ1v) is 9.87. The van der Waals surface area contributed by atoms with Crippen LogP contribution in [0.4, 0.5) is 0 Å². The fourth-order valence-electron chi connectivity index (χ4n) is 3.44. The maximum Gasteiger partial charge on any atom is 0.303 e. The predicted octanol–water partition coefficient (Wildman–Crippen LogP) is 4.64. The Bertz CT molecular complexity index is 1140. The number of carboxylic acid groups (broad SMARTS) is 1. The number of pyridine rings is 1. The third-order valence-corrected chi connectivity index (χ3v) is 5.08. The standard InChI is InChI=1S/C24H23N3O3/c1-17(12-24(28)29)19-6-8-22(9-7-19)30-16-18-5-10-23-20(13-18)14-26-27(23)15-21-4-2-3-11-25-21/h2-11,13-14,17H,12,15-16H2,1H3,(H,28,29). The number of fused-ring (bicyclic) bond motifs is 1. The number of aromatic nitrogens is 3. The van der Waals surface area contributed by atoms with Gasteiger partial charge in [-0.25, -0.2) is 0 Å². The lowest BCUT2D eigenvalue weighted by molar-refractivity contribution is -0.137. The average Bonchev–Trinajstić information content (AvgIpc) is 3.15. The molecule has 2 aromatic carbocycles. The van der Waals surface area contributed by atoms with E-state index < -0.39 is 5.97 Å². The van der Waals surface area contributed by atoms with E-state index in [9.17, 15) is 4.79 Å². The Labute approximate surface area is 174 Å². The number of benzene rings is 2. The zero-order chi connectivity index (χ0) is 20.9. The van der Waals surface area contributed by atoms with Gasteiger partial charge in [-0.2, -0.15) is 5.10 Å². The van der Waals surface area contributed by atoms with E-state index in [0.717, 1.165) is 33.5 Å². The van der Waals surface area contributed by atoms with E-state index in [-0.39, 0.29) is 12.3 Å². The van der Waals surface area contributed by atoms with Gasteiger partial charge in [0.05, 0.1) is 30.4 Å². The van der Waals surface area contributed by atoms with Crippen molar-refractivity contribution in [1.82, 2.24) is 14.8 Å². The molecule has 0 spiro atoms. The largest absolute Gasteiger partial charge is 0.489 e. The van der Waals surface area contributed by atoms with Crippen LogP contribution in [0.15, 0.2) is 73.1 Å². The SMILES string of the molecule is CC(CC(=O)O)c1ccc(OCc2ccc3c(cnn3Cc3ccccn3)c2)cc1. The highest BCUT2D eigenvalue weighted by Crippen LogP contribution is 2.23. The van der Waals surface area contributed by atoms with Gasteiger partial charge in [-0.15, -0.1) is 0 Å². The van der Waals surface area contributed by atoms with E-state index >= 15 is 0 Å². The summed E-state index contributed by atoms with van der Waals surface area (Å²) in [5.41, 5.74) is 4.08. The Morgan fingerprint density at radius 2 is 1.97 bits per heavy atom. The topological polar surface area (TPSA) is 77.2 Å². The van der Waals surface area contributed by atoms with E-state index in [2.05, 4.69) is 22.2 Å². The fourth-order valence-corrected chi connectivity index (χ4v) is 3.44. The Morgan fingerprint density at radius 1 is 1.13 bits per heavy atom. The lowest BCUT2D eigenvalue weighted by atomic mass is 9.98. The van der Waals surface area contributed by atoms with Crippen LogP contribution >= 0.6 is 0 Å². The maximum atomic E-state index is 10.9. The summed E-state index contributed by atoms with van der Waals surface area (Å²) in [6.45, 7) is 2.99. The van der Waals surface area contributed by atoms with Crippen molar-refractivity contribution in [2.24, 2.45) is 0 Å². The van der Waals surface area contributed by atoms with Crippen LogP contribution in [-0.2, 0) is 17.9 Å². The van der Waals surface area contributed by atoms with Crippen LogP contribution in [0.1, 0.15) is 36.1 Å². The van der Waals surface area contributed by atoms with E-state index in [1.54, 1.807) is 6.20 Å². The summed E-state index contributed by atoms with van der Waals surface area (Å²) in [7, 11) is 0. The second-order valence-electron chi connectivity index (χ2n) is 7.37. The highest BCUT2D eigenvalue weighted by Gasteiger charge is 2.10. The van der Waals surface area contributed by atoms with Gasteiger partial charge in [-0.05, 0) is 53.4 Å². The van der Waals surface area contributed by atoms with Gasteiger partial charge in [0.15, 0.2) is 0 Å². The second-order valence-corrected chi connectivity index (χ2v) is 7.37. The van der Waals surface area contributed by atoms with Crippen LogP contribution < -0.4 is 4.74 Å². The molecule has 30 heavy (non-hydrogen) atoms. The minimum Gasteiger partial charge on any atom is -0.489 e. The average molecular weight is 401 g/mol. The van der Waals surface area contributed by atoms with Crippen molar-refractivity contribution in [2.75, 3.05) is 0 Å². The van der Waals surface area contributed by atoms with Crippen LogP contribution in [0.3, 0.4) is 0 Å². The lowest BCUT2D eigenvalue weighted by Crippen LogP contribution is -2.03. The fraction of sp³-hybridized carbons (Fsp3) is 0.208. The number of nitrogens with zero attached hydrogens (tertiary/aromatic N) is 3. The van der Waals surface area contributed by atoms with Gasteiger partial charge in [0.1, 0.15) is 12.4 Å². The van der Waals surface area contributed by atoms with Crippen molar-refractivity contribution in [3.8, 4) is 5.75 Å². The molecule has 4 aromatic rings. The van der Waals surface area contributed by atoms with Crippen molar-refractivity contribution in [2.45, 2.75) is 32.4 Å². The number of ether oxygens (including phenoxy) is 1. The Hall–Kier alpha value is -3.67. The Balaban J connectivity index is 1.40. The molecule has 1 atom stereocenters. The quantitative estimate of drug-likeness (QED) is 0.465. The molecule has 152 valence electrons. The maximum absolute atomic E-state index is 10.9. The molecule has 4 rings (SSSR count). The molecular weight excluding hydrogens is 378 g/mol. The van der Waals surface area contributed by atoms with Gasteiger partial charge in [-0.3, -0.25) is 14.5 Å². The van der Waals surface area contributed by atoms with Crippen molar-refractivity contribution >= 4 is 16.9 Å². The minimum absolute atomic E-state index is 0.0263. The zero-order valence-corrected chi connectivity index (χ0v) is 16.7. The van der Waals surface area contributed by atoms with Crippen LogP contribution in [0, 0.1) is 0 Å². The van der Waals surface area contributed by atoms with Gasteiger partial charge >= 0.3 is 5.97 Å². The summed E-state index contributed by atoms with van der Waals surface area (Å²) in [5.74, 6) is -0.0598. The van der Waals surface area contributed by atoms with Gasteiger partial charge < -0.3 is 9.84 Å². The molecule has 0 aliphatic rings. The molecule has 0 bridgehead atoms. The molecule has 6 nitrogen and oxygen atoms in total. The molecule has 0 aliphatic carbocycles. The smallest absolute Gasteiger partial charge is 0.303 e. The van der Waals surface area contributed by atoms with Gasteiger partial charge in [-0.1, -0.05) is 31.2 Å². The summed E-state index contributed by atoms with van der Waals surface area (Å²) in [5, 5.41) is 14.5. The number of aliphatic carboxylic acids is 1. The summed E-state index contributed by atoms with van der Waals surface area (Å²) >= 11 is 0. The summed E-state index contributed by atoms with van der Waals surface area (Å²) < 4.78 is 7.85. The Kier molecular flexibility index (Phi) is 5.75. The van der Waals surface area contributed by atoms with Crippen LogP contribution in [-0.4, -0.2) is 25.8 Å². The number of hydrogen-bond acceptors (Lipinski definition) is 4. The van der Waals surface area contributed by atoms with Crippen molar-refractivity contribution < 1.29 is 14.6 Å². The number of hydrogen-bond donors (Lipinski definition) is 1. The summed E-state index contributed by atoms with van der Waals surface area (Å²) in [6.07, 6.45) is 3.77. The predicted molar refractivity (Wildman–Crippen MR) is 115 cm³/mol. The summed E-state index contributed by atoms with van der Waals surface area (Å²) in [6, 6.07) is 19.7. The van der Waals surface area contributed by atoms with E-state index in [0.29, 0.717) is 13.2 Å². The molecule has 0 aliphatic heterocycles. The molecule has 2 aromatic heterocycles. The lowest BCUT2D eigenvalue weighted by Gasteiger charge is -2.11. The molecule has 2 heterocycles. The van der Waals surface area contributed by atoms with Crippen LogP contribution in [0.25, 0.3) is 10.9 Å². The van der Waals surface area contributed by atoms with Crippen molar-refractivity contribution in [3.63, 3.8) is 0 Å². The highest BCUT2D eigenvalue weighted by atomic mass is 16.5. The molecule has 0 fully saturated rings. The molecule has 1 unspecified atom stereocenters. The third-order valence-electron chi connectivity index (χ3n) is 5.08. The number of carbonyl (C=O) groups is 1. The molecular formula is C24H23N3O3. The number of carboxylic acids is 1. The first-order valence-electron chi connectivity index (χ1n) is 9.87. The van der Waals surface area contributed by atoms with E-state index in [1.165, 1.54) is 0 Å². The Morgan fingerprint density at radius 3 is 2.70 bits per heavy atom. The van der Waals surface area contributed by atoms with E-state index in [4.69, 9.17) is 9.84 Å². The molecule has 0 saturated heterocycles. The zero-order valence-electron chi connectivity index (χ0n) is 16.7. The van der Waals surface area contributed by atoms with Gasteiger partial charge in [0.2, 0.25) is 0 Å².